The average Bonchev–Trinajstić information content (AvgIpc) is 3.31. The molecule has 1 N–H and O–H groups in total. The molecule has 8 heteroatoms. The monoisotopic (exact) mass is 569 g/mol. The highest BCUT2D eigenvalue weighted by molar-refractivity contribution is 5.73. The molecule has 222 valence electrons. The van der Waals surface area contributed by atoms with Crippen molar-refractivity contribution in [1.29, 1.82) is 5.26 Å². The zero-order valence-corrected chi connectivity index (χ0v) is 24.3. The van der Waals surface area contributed by atoms with Crippen LogP contribution in [0.5, 0.6) is 0 Å². The maximum Gasteiger partial charge on any atom is 0.321 e. The number of carbonyl (C=O) groups is 1. The third-order valence-corrected chi connectivity index (χ3v) is 8.98. The van der Waals surface area contributed by atoms with E-state index in [4.69, 9.17) is 5.26 Å². The van der Waals surface area contributed by atoms with Gasteiger partial charge in [0, 0.05) is 38.0 Å². The number of aryl methyl sites for hydroxylation is 1. The van der Waals surface area contributed by atoms with Gasteiger partial charge in [-0.3, -0.25) is 9.69 Å². The van der Waals surface area contributed by atoms with Crippen LogP contribution in [0.25, 0.3) is 0 Å². The Balaban J connectivity index is 1.32. The fraction of sp³-hybridized carbons (Fsp3) is 0.576. The lowest BCUT2D eigenvalue weighted by atomic mass is 9.86. The maximum atomic E-state index is 14.1. The molecule has 41 heavy (non-hydrogen) atoms. The average molecular weight is 570 g/mol. The molecule has 0 saturated carbocycles. The van der Waals surface area contributed by atoms with Crippen molar-refractivity contribution >= 4 is 5.97 Å². The van der Waals surface area contributed by atoms with Crippen molar-refractivity contribution in [1.82, 2.24) is 9.80 Å². The zero-order valence-electron chi connectivity index (χ0n) is 24.3. The van der Waals surface area contributed by atoms with Crippen molar-refractivity contribution in [3.8, 4) is 6.07 Å². The molecule has 2 heterocycles. The van der Waals surface area contributed by atoms with Gasteiger partial charge >= 0.3 is 5.97 Å². The Morgan fingerprint density at radius 1 is 1.15 bits per heavy atom. The van der Waals surface area contributed by atoms with Crippen LogP contribution in [-0.2, 0) is 17.1 Å². The Hall–Kier alpha value is -2.89. The van der Waals surface area contributed by atoms with E-state index in [0.29, 0.717) is 25.4 Å². The van der Waals surface area contributed by atoms with Crippen molar-refractivity contribution in [3.05, 3.63) is 70.5 Å². The van der Waals surface area contributed by atoms with Gasteiger partial charge in [-0.15, -0.1) is 0 Å². The van der Waals surface area contributed by atoms with Gasteiger partial charge in [-0.25, -0.2) is 13.2 Å². The number of carboxylic acids is 1. The third-order valence-electron chi connectivity index (χ3n) is 8.98. The van der Waals surface area contributed by atoms with Crippen molar-refractivity contribution in [2.75, 3.05) is 32.7 Å². The highest BCUT2D eigenvalue weighted by Gasteiger charge is 2.41. The second-order valence-corrected chi connectivity index (χ2v) is 12.4. The predicted octanol–water partition coefficient (Wildman–Crippen LogP) is 6.67. The molecule has 0 bridgehead atoms. The molecule has 0 unspecified atom stereocenters. The van der Waals surface area contributed by atoms with Gasteiger partial charge in [-0.05, 0) is 91.9 Å². The van der Waals surface area contributed by atoms with Crippen molar-refractivity contribution in [3.63, 3.8) is 0 Å². The van der Waals surface area contributed by atoms with E-state index in [1.807, 2.05) is 26.0 Å². The van der Waals surface area contributed by atoms with Crippen LogP contribution in [0.2, 0.25) is 0 Å². The number of hydrogen-bond donors (Lipinski definition) is 1. The van der Waals surface area contributed by atoms with E-state index >= 15 is 0 Å². The molecule has 5 nitrogen and oxygen atoms in total. The first kappa shape index (κ1) is 31.1. The minimum Gasteiger partial charge on any atom is -0.480 e. The smallest absolute Gasteiger partial charge is 0.321 e. The molecule has 0 spiro atoms. The first-order valence-corrected chi connectivity index (χ1v) is 14.8. The number of carboxylic acid groups (broad SMARTS) is 1. The van der Waals surface area contributed by atoms with Crippen LogP contribution in [0, 0.1) is 34.9 Å². The van der Waals surface area contributed by atoms with E-state index in [1.54, 1.807) is 18.2 Å². The van der Waals surface area contributed by atoms with Crippen LogP contribution in [0.3, 0.4) is 0 Å². The summed E-state index contributed by atoms with van der Waals surface area (Å²) in [6.07, 6.45) is 4.79. The number of nitriles is 1. The van der Waals surface area contributed by atoms with Gasteiger partial charge in [-0.1, -0.05) is 38.5 Å². The third kappa shape index (κ3) is 7.90. The summed E-state index contributed by atoms with van der Waals surface area (Å²) in [7, 11) is 0. The van der Waals surface area contributed by atoms with Gasteiger partial charge in [0.25, 0.3) is 5.92 Å². The second kappa shape index (κ2) is 13.4. The summed E-state index contributed by atoms with van der Waals surface area (Å²) in [5.74, 6) is -3.26. The lowest BCUT2D eigenvalue weighted by Gasteiger charge is -2.35. The summed E-state index contributed by atoms with van der Waals surface area (Å²) in [5.41, 5.74) is 1.61. The van der Waals surface area contributed by atoms with Crippen molar-refractivity contribution in [2.45, 2.75) is 70.8 Å². The van der Waals surface area contributed by atoms with Gasteiger partial charge in [0.15, 0.2) is 0 Å². The highest BCUT2D eigenvalue weighted by atomic mass is 19.3. The van der Waals surface area contributed by atoms with Crippen LogP contribution >= 0.6 is 0 Å². The largest absolute Gasteiger partial charge is 0.480 e. The molecule has 2 saturated heterocycles. The molecule has 2 fully saturated rings. The van der Waals surface area contributed by atoms with E-state index in [2.05, 4.69) is 9.80 Å². The summed E-state index contributed by atoms with van der Waals surface area (Å²) < 4.78 is 42.0. The predicted molar refractivity (Wildman–Crippen MR) is 153 cm³/mol. The molecular weight excluding hydrogens is 527 g/mol. The van der Waals surface area contributed by atoms with Gasteiger partial charge in [0.1, 0.15) is 11.9 Å². The number of nitrogens with zero attached hydrogens (tertiary/aromatic N) is 3. The fourth-order valence-corrected chi connectivity index (χ4v) is 6.89. The van der Waals surface area contributed by atoms with Crippen LogP contribution in [0.4, 0.5) is 13.2 Å². The van der Waals surface area contributed by atoms with E-state index in [-0.39, 0.29) is 34.7 Å². The van der Waals surface area contributed by atoms with E-state index < -0.39 is 17.9 Å². The summed E-state index contributed by atoms with van der Waals surface area (Å²) >= 11 is 0. The summed E-state index contributed by atoms with van der Waals surface area (Å²) in [4.78, 5) is 16.6. The Labute approximate surface area is 242 Å². The Morgan fingerprint density at radius 3 is 2.49 bits per heavy atom. The lowest BCUT2D eigenvalue weighted by molar-refractivity contribution is -0.144. The minimum atomic E-state index is -3.04. The number of rotatable bonds is 11. The molecule has 0 amide bonds. The van der Waals surface area contributed by atoms with Gasteiger partial charge in [-0.2, -0.15) is 5.26 Å². The number of aliphatic carboxylic acids is 1. The number of hydrogen-bond acceptors (Lipinski definition) is 4. The van der Waals surface area contributed by atoms with Crippen LogP contribution < -0.4 is 0 Å². The topological polar surface area (TPSA) is 67.6 Å². The standard InChI is InChI=1S/C33H42F3N3O2/c1-22(2)31(32(40)41)39-20-27(29(21-39)25-8-5-9-28(34)17-25)19-38-14-12-23(13-15-38)6-4-7-24-10-11-26(18-37)30(16-24)33(3,35)36/h5,8-11,16-17,22-23,27,29,31H,4,6-7,12-15,19-21H2,1-3H3,(H,40,41)/t27-,29+,31+/m0/s1. The number of benzene rings is 2. The fourth-order valence-electron chi connectivity index (χ4n) is 6.89. The quantitative estimate of drug-likeness (QED) is 0.328. The van der Waals surface area contributed by atoms with E-state index in [9.17, 15) is 23.1 Å². The molecule has 2 aromatic carbocycles. The molecule has 3 atom stereocenters. The normalized spacial score (nSPS) is 21.7. The Morgan fingerprint density at radius 2 is 1.88 bits per heavy atom. The molecule has 2 aromatic rings. The maximum absolute atomic E-state index is 14.1. The number of likely N-dealkylation sites (tertiary alicyclic amines) is 2. The molecule has 0 radical (unpaired) electrons. The zero-order chi connectivity index (χ0) is 29.7. The molecule has 0 aromatic heterocycles. The first-order chi connectivity index (χ1) is 19.5. The summed E-state index contributed by atoms with van der Waals surface area (Å²) in [5, 5.41) is 19.1. The molecule has 0 aliphatic carbocycles. The molecule has 2 aliphatic heterocycles. The number of alkyl halides is 2. The first-order valence-electron chi connectivity index (χ1n) is 14.8. The van der Waals surface area contributed by atoms with Crippen LogP contribution in [0.15, 0.2) is 42.5 Å². The van der Waals surface area contributed by atoms with Gasteiger partial charge in [0.05, 0.1) is 11.6 Å². The van der Waals surface area contributed by atoms with Gasteiger partial charge < -0.3 is 10.0 Å². The van der Waals surface area contributed by atoms with E-state index in [0.717, 1.165) is 63.4 Å². The second-order valence-electron chi connectivity index (χ2n) is 12.4. The van der Waals surface area contributed by atoms with E-state index in [1.165, 1.54) is 18.2 Å². The minimum absolute atomic E-state index is 0.0236. The number of piperidine rings is 1. The molecule has 2 aliphatic rings. The van der Waals surface area contributed by atoms with Crippen molar-refractivity contribution < 1.29 is 23.1 Å². The molecule has 4 rings (SSSR count). The summed E-state index contributed by atoms with van der Waals surface area (Å²) in [6.45, 7) is 8.79. The Kier molecular flexibility index (Phi) is 10.1. The SMILES string of the molecule is CC(C)[C@H](C(=O)O)N1C[C@H](CN2CCC(CCCc3ccc(C#N)c(C(C)(F)F)c3)CC2)[C@@H](c2cccc(F)c2)C1. The molecular formula is C33H42F3N3O2. The van der Waals surface area contributed by atoms with Crippen LogP contribution in [0.1, 0.15) is 74.6 Å². The highest BCUT2D eigenvalue weighted by Crippen LogP contribution is 2.37. The number of halogens is 3. The lowest BCUT2D eigenvalue weighted by Crippen LogP contribution is -2.44. The van der Waals surface area contributed by atoms with Crippen LogP contribution in [-0.4, -0.2) is 59.6 Å². The van der Waals surface area contributed by atoms with Crippen molar-refractivity contribution in [2.24, 2.45) is 17.8 Å². The van der Waals surface area contributed by atoms with Gasteiger partial charge in [0.2, 0.25) is 0 Å². The summed E-state index contributed by atoms with van der Waals surface area (Å²) in [6, 6.07) is 12.8. The Bertz CT molecular complexity index is 1230.